The van der Waals surface area contributed by atoms with E-state index in [1.807, 2.05) is 0 Å². The van der Waals surface area contributed by atoms with Crippen LogP contribution in [0.5, 0.6) is 5.75 Å². The zero-order valence-electron chi connectivity index (χ0n) is 12.7. The molecule has 0 radical (unpaired) electrons. The Bertz CT molecular complexity index is 809. The molecule has 0 unspecified atom stereocenters. The second kappa shape index (κ2) is 9.15. The summed E-state index contributed by atoms with van der Waals surface area (Å²) in [6, 6.07) is 8.33. The molecule has 0 aliphatic heterocycles. The molecule has 4 nitrogen and oxygen atoms in total. The monoisotopic (exact) mass is 384 g/mol. The number of hydrazone groups is 1. The van der Waals surface area contributed by atoms with Crippen LogP contribution in [0.4, 0.5) is 8.78 Å². The Morgan fingerprint density at radius 2 is 1.88 bits per heavy atom. The third kappa shape index (κ3) is 5.55. The predicted molar refractivity (Wildman–Crippen MR) is 93.4 cm³/mol. The van der Waals surface area contributed by atoms with Crippen LogP contribution in [0.25, 0.3) is 0 Å². The van der Waals surface area contributed by atoms with Gasteiger partial charge in [0.25, 0.3) is 5.91 Å². The number of halogens is 4. The minimum atomic E-state index is -1.17. The maximum absolute atomic E-state index is 13.2. The molecule has 0 aromatic heterocycles. The third-order valence-electron chi connectivity index (χ3n) is 2.95. The van der Waals surface area contributed by atoms with Crippen molar-refractivity contribution in [3.63, 3.8) is 0 Å². The molecule has 1 N–H and O–H groups in total. The molecular weight excluding hydrogens is 373 g/mol. The van der Waals surface area contributed by atoms with Gasteiger partial charge < -0.3 is 4.74 Å². The summed E-state index contributed by atoms with van der Waals surface area (Å²) in [4.78, 5) is 11.9. The standard InChI is InChI=1S/C17H12Cl2F2N2O2/c18-6-1-7-25-12-4-2-11(3-5-12)10-22-23-17(24)13-8-15(20)16(21)9-14(13)19/h1-6,8-10H,7H2,(H,23,24). The second-order valence-corrected chi connectivity index (χ2v) is 5.35. The Kier molecular flexibility index (Phi) is 6.91. The van der Waals surface area contributed by atoms with Crippen LogP contribution >= 0.6 is 23.2 Å². The number of hydrogen-bond acceptors (Lipinski definition) is 3. The largest absolute Gasteiger partial charge is 0.490 e. The Hall–Kier alpha value is -2.44. The fourth-order valence-corrected chi connectivity index (χ4v) is 2.06. The highest BCUT2D eigenvalue weighted by Gasteiger charge is 2.14. The maximum atomic E-state index is 13.2. The van der Waals surface area contributed by atoms with Gasteiger partial charge in [-0.2, -0.15) is 5.10 Å². The first kappa shape index (κ1) is 18.9. The number of benzene rings is 2. The number of carbonyl (C=O) groups excluding carboxylic acids is 1. The molecule has 0 bridgehead atoms. The fourth-order valence-electron chi connectivity index (χ4n) is 1.75. The van der Waals surface area contributed by atoms with Gasteiger partial charge in [-0.3, -0.25) is 4.79 Å². The summed E-state index contributed by atoms with van der Waals surface area (Å²) in [5, 5.41) is 3.54. The summed E-state index contributed by atoms with van der Waals surface area (Å²) < 4.78 is 31.5. The van der Waals surface area contributed by atoms with Crippen molar-refractivity contribution >= 4 is 35.3 Å². The first-order valence-corrected chi connectivity index (χ1v) is 7.78. The van der Waals surface area contributed by atoms with E-state index in [-0.39, 0.29) is 10.6 Å². The van der Waals surface area contributed by atoms with E-state index in [9.17, 15) is 13.6 Å². The minimum Gasteiger partial charge on any atom is -0.490 e. The summed E-state index contributed by atoms with van der Waals surface area (Å²) in [6.45, 7) is 0.349. The SMILES string of the molecule is O=C(NN=Cc1ccc(OCC=CCl)cc1)c1cc(F)c(F)cc1Cl. The number of nitrogens with one attached hydrogen (secondary N) is 1. The lowest BCUT2D eigenvalue weighted by Crippen LogP contribution is -2.18. The van der Waals surface area contributed by atoms with Gasteiger partial charge in [0.1, 0.15) is 12.4 Å². The van der Waals surface area contributed by atoms with Gasteiger partial charge in [0.05, 0.1) is 16.8 Å². The molecule has 0 atom stereocenters. The van der Waals surface area contributed by atoms with E-state index in [2.05, 4.69) is 10.5 Å². The van der Waals surface area contributed by atoms with Gasteiger partial charge in [-0.1, -0.05) is 23.2 Å². The smallest absolute Gasteiger partial charge is 0.272 e. The number of nitrogens with zero attached hydrogens (tertiary/aromatic N) is 1. The van der Waals surface area contributed by atoms with Crippen molar-refractivity contribution in [2.24, 2.45) is 5.10 Å². The first-order valence-electron chi connectivity index (χ1n) is 6.97. The van der Waals surface area contributed by atoms with Gasteiger partial charge in [-0.25, -0.2) is 14.2 Å². The van der Waals surface area contributed by atoms with E-state index < -0.39 is 17.5 Å². The van der Waals surface area contributed by atoms with Gasteiger partial charge in [0.2, 0.25) is 0 Å². The van der Waals surface area contributed by atoms with E-state index in [1.54, 1.807) is 30.3 Å². The lowest BCUT2D eigenvalue weighted by molar-refractivity contribution is 0.0954. The molecule has 8 heteroatoms. The zero-order chi connectivity index (χ0) is 18.2. The average molecular weight is 385 g/mol. The summed E-state index contributed by atoms with van der Waals surface area (Å²) in [7, 11) is 0. The lowest BCUT2D eigenvalue weighted by Gasteiger charge is -2.04. The van der Waals surface area contributed by atoms with Crippen molar-refractivity contribution in [1.82, 2.24) is 5.43 Å². The highest BCUT2D eigenvalue weighted by Crippen LogP contribution is 2.19. The summed E-state index contributed by atoms with van der Waals surface area (Å²) in [5.74, 6) is -2.41. The normalized spacial score (nSPS) is 11.2. The molecule has 2 rings (SSSR count). The highest BCUT2D eigenvalue weighted by atomic mass is 35.5. The van der Waals surface area contributed by atoms with Gasteiger partial charge >= 0.3 is 0 Å². The second-order valence-electron chi connectivity index (χ2n) is 4.69. The average Bonchev–Trinajstić information content (AvgIpc) is 2.59. The van der Waals surface area contributed by atoms with E-state index in [4.69, 9.17) is 27.9 Å². The lowest BCUT2D eigenvalue weighted by atomic mass is 10.2. The number of hydrogen-bond donors (Lipinski definition) is 1. The van der Waals surface area contributed by atoms with E-state index in [0.29, 0.717) is 24.0 Å². The molecule has 25 heavy (non-hydrogen) atoms. The van der Waals surface area contributed by atoms with Crippen molar-refractivity contribution in [2.45, 2.75) is 0 Å². The predicted octanol–water partition coefficient (Wildman–Crippen LogP) is 4.51. The summed E-state index contributed by atoms with van der Waals surface area (Å²) >= 11 is 11.1. The fraction of sp³-hybridized carbons (Fsp3) is 0.0588. The number of amides is 1. The van der Waals surface area contributed by atoms with Crippen molar-refractivity contribution in [2.75, 3.05) is 6.61 Å². The molecule has 0 heterocycles. The van der Waals surface area contributed by atoms with Gasteiger partial charge in [-0.15, -0.1) is 0 Å². The molecule has 0 saturated heterocycles. The number of ether oxygens (including phenoxy) is 1. The number of carbonyl (C=O) groups is 1. The van der Waals surface area contributed by atoms with Gasteiger partial charge in [0.15, 0.2) is 11.6 Å². The highest BCUT2D eigenvalue weighted by molar-refractivity contribution is 6.33. The van der Waals surface area contributed by atoms with Crippen molar-refractivity contribution in [3.8, 4) is 5.75 Å². The Labute approximate surface area is 152 Å². The molecule has 0 spiro atoms. The van der Waals surface area contributed by atoms with Crippen LogP contribution in [0.3, 0.4) is 0 Å². The molecule has 1 amide bonds. The van der Waals surface area contributed by atoms with Gasteiger partial charge in [0, 0.05) is 5.54 Å². The molecule has 0 fully saturated rings. The van der Waals surface area contributed by atoms with Crippen LogP contribution < -0.4 is 10.2 Å². The Morgan fingerprint density at radius 3 is 2.56 bits per heavy atom. The first-order chi connectivity index (χ1) is 12.0. The molecule has 130 valence electrons. The van der Waals surface area contributed by atoms with E-state index >= 15 is 0 Å². The van der Waals surface area contributed by atoms with Crippen molar-refractivity contribution in [3.05, 3.63) is 75.8 Å². The van der Waals surface area contributed by atoms with E-state index in [0.717, 1.165) is 6.07 Å². The molecule has 2 aromatic carbocycles. The maximum Gasteiger partial charge on any atom is 0.272 e. The van der Waals surface area contributed by atoms with Gasteiger partial charge in [-0.05, 0) is 48.0 Å². The van der Waals surface area contributed by atoms with Crippen molar-refractivity contribution in [1.29, 1.82) is 0 Å². The Morgan fingerprint density at radius 1 is 1.20 bits per heavy atom. The van der Waals surface area contributed by atoms with Crippen molar-refractivity contribution < 1.29 is 18.3 Å². The van der Waals surface area contributed by atoms with E-state index in [1.165, 1.54) is 11.7 Å². The molecule has 0 aliphatic carbocycles. The minimum absolute atomic E-state index is 0.209. The van der Waals surface area contributed by atoms with Crippen LogP contribution in [0.15, 0.2) is 53.1 Å². The number of rotatable bonds is 6. The summed E-state index contributed by atoms with van der Waals surface area (Å²) in [5.41, 5.74) is 4.03. The summed E-state index contributed by atoms with van der Waals surface area (Å²) in [6.07, 6.45) is 3.03. The van der Waals surface area contributed by atoms with Crippen LogP contribution in [-0.4, -0.2) is 18.7 Å². The zero-order valence-corrected chi connectivity index (χ0v) is 14.2. The van der Waals surface area contributed by atoms with Crippen LogP contribution in [0.1, 0.15) is 15.9 Å². The molecule has 0 saturated carbocycles. The van der Waals surface area contributed by atoms with Crippen LogP contribution in [0, 0.1) is 11.6 Å². The topological polar surface area (TPSA) is 50.7 Å². The third-order valence-corrected chi connectivity index (χ3v) is 3.44. The molecule has 0 aliphatic rings. The van der Waals surface area contributed by atoms with Crippen LogP contribution in [-0.2, 0) is 0 Å². The van der Waals surface area contributed by atoms with Crippen LogP contribution in [0.2, 0.25) is 5.02 Å². The quantitative estimate of drug-likeness (QED) is 0.452. The molecule has 2 aromatic rings. The molecular formula is C17H12Cl2F2N2O2. The Balaban J connectivity index is 1.96.